The molecule has 0 aromatic heterocycles. The Balaban J connectivity index is 2.39. The van der Waals surface area contributed by atoms with Crippen molar-refractivity contribution in [1.29, 1.82) is 0 Å². The summed E-state index contributed by atoms with van der Waals surface area (Å²) in [5, 5.41) is 0. The highest BCUT2D eigenvalue weighted by molar-refractivity contribution is 4.81. The van der Waals surface area contributed by atoms with Crippen molar-refractivity contribution in [2.75, 3.05) is 26.7 Å². The minimum absolute atomic E-state index is 0.656. The van der Waals surface area contributed by atoms with Gasteiger partial charge in [-0.25, -0.2) is 6.57 Å². The number of nitrogens with zero attached hydrogens (tertiary/aromatic N) is 2. The molecule has 1 rings (SSSR count). The Morgan fingerprint density at radius 1 is 1.64 bits per heavy atom. The molecule has 2 nitrogen and oxygen atoms in total. The summed E-state index contributed by atoms with van der Waals surface area (Å²) in [5.74, 6) is 1.37. The van der Waals surface area contributed by atoms with Crippen molar-refractivity contribution in [3.8, 4) is 0 Å². The third kappa shape index (κ3) is 2.20. The molecule has 2 heteroatoms. The van der Waals surface area contributed by atoms with Crippen LogP contribution < -0.4 is 0 Å². The van der Waals surface area contributed by atoms with Gasteiger partial charge in [-0.1, -0.05) is 6.92 Å². The minimum Gasteiger partial charge on any atom is -0.317 e. The van der Waals surface area contributed by atoms with Crippen LogP contribution in [-0.2, 0) is 0 Å². The van der Waals surface area contributed by atoms with Crippen molar-refractivity contribution in [3.63, 3.8) is 0 Å². The van der Waals surface area contributed by atoms with E-state index in [0.717, 1.165) is 6.54 Å². The molecule has 1 saturated heterocycles. The molecule has 11 heavy (non-hydrogen) atoms. The van der Waals surface area contributed by atoms with Crippen molar-refractivity contribution < 1.29 is 0 Å². The van der Waals surface area contributed by atoms with Crippen LogP contribution >= 0.6 is 0 Å². The molecule has 1 heterocycles. The van der Waals surface area contributed by atoms with Gasteiger partial charge in [0, 0.05) is 12.5 Å². The Bertz CT molecular complexity index is 159. The topological polar surface area (TPSA) is 7.60 Å². The third-order valence-electron chi connectivity index (χ3n) is 2.61. The molecule has 2 unspecified atom stereocenters. The fourth-order valence-electron chi connectivity index (χ4n) is 1.79. The molecule has 0 bridgehead atoms. The molecule has 1 fully saturated rings. The summed E-state index contributed by atoms with van der Waals surface area (Å²) >= 11 is 0. The smallest absolute Gasteiger partial charge is 0.217 e. The second-order valence-corrected chi connectivity index (χ2v) is 3.63. The average Bonchev–Trinajstić information content (AvgIpc) is 1.95. The first-order valence-electron chi connectivity index (χ1n) is 4.25. The van der Waals surface area contributed by atoms with Crippen LogP contribution in [0.4, 0.5) is 0 Å². The van der Waals surface area contributed by atoms with Crippen molar-refractivity contribution in [2.24, 2.45) is 11.8 Å². The first-order valence-corrected chi connectivity index (χ1v) is 4.25. The van der Waals surface area contributed by atoms with Gasteiger partial charge in [-0.15, -0.1) is 0 Å². The minimum atomic E-state index is 0.656. The Hall–Kier alpha value is -0.550. The van der Waals surface area contributed by atoms with Crippen molar-refractivity contribution in [1.82, 2.24) is 4.90 Å². The number of hydrogen-bond donors (Lipinski definition) is 0. The summed E-state index contributed by atoms with van der Waals surface area (Å²) in [5.41, 5.74) is 0. The van der Waals surface area contributed by atoms with Gasteiger partial charge in [0.2, 0.25) is 6.54 Å². The summed E-state index contributed by atoms with van der Waals surface area (Å²) in [6.45, 7) is 12.1. The van der Waals surface area contributed by atoms with E-state index in [2.05, 4.69) is 23.7 Å². The van der Waals surface area contributed by atoms with Gasteiger partial charge < -0.3 is 9.74 Å². The highest BCUT2D eigenvalue weighted by Gasteiger charge is 2.25. The predicted molar refractivity (Wildman–Crippen MR) is 46.2 cm³/mol. The van der Waals surface area contributed by atoms with Crippen molar-refractivity contribution >= 4 is 0 Å². The van der Waals surface area contributed by atoms with E-state index >= 15 is 0 Å². The molecule has 0 N–H and O–H groups in total. The fourth-order valence-corrected chi connectivity index (χ4v) is 1.79. The maximum Gasteiger partial charge on any atom is 0.217 e. The zero-order valence-corrected chi connectivity index (χ0v) is 7.38. The van der Waals surface area contributed by atoms with E-state index in [4.69, 9.17) is 6.57 Å². The lowest BCUT2D eigenvalue weighted by Gasteiger charge is -2.31. The van der Waals surface area contributed by atoms with Crippen LogP contribution in [0.2, 0.25) is 0 Å². The molecule has 0 aliphatic carbocycles. The molecule has 1 aliphatic heterocycles. The predicted octanol–water partition coefficient (Wildman–Crippen LogP) is 1.49. The van der Waals surface area contributed by atoms with Crippen LogP contribution in [0.1, 0.15) is 13.3 Å². The number of rotatable bonds is 1. The third-order valence-corrected chi connectivity index (χ3v) is 2.61. The molecule has 0 spiro atoms. The Kier molecular flexibility index (Phi) is 2.90. The SMILES string of the molecule is [C-]#[N+]CC1CCN(C)CC1C. The average molecular weight is 152 g/mol. The highest BCUT2D eigenvalue weighted by atomic mass is 15.1. The Morgan fingerprint density at radius 3 is 2.91 bits per heavy atom. The van der Waals surface area contributed by atoms with Crippen molar-refractivity contribution in [3.05, 3.63) is 11.4 Å². The molecule has 62 valence electrons. The maximum atomic E-state index is 6.79. The standard InChI is InChI=1S/C9H16N2/c1-8-7-11(3)5-4-9(8)6-10-2/h8-9H,4-7H2,1,3H3. The molecule has 0 aromatic carbocycles. The molecule has 0 saturated carbocycles. The van der Waals surface area contributed by atoms with Gasteiger partial charge >= 0.3 is 0 Å². The zero-order chi connectivity index (χ0) is 8.27. The van der Waals surface area contributed by atoms with Crippen LogP contribution in [0.5, 0.6) is 0 Å². The zero-order valence-electron chi connectivity index (χ0n) is 7.38. The van der Waals surface area contributed by atoms with Crippen LogP contribution in [0.15, 0.2) is 0 Å². The summed E-state index contributed by atoms with van der Waals surface area (Å²) in [6.07, 6.45) is 1.21. The van der Waals surface area contributed by atoms with Crippen LogP contribution in [0, 0.1) is 18.4 Å². The molecule has 0 amide bonds. The molecule has 0 aromatic rings. The van der Waals surface area contributed by atoms with Gasteiger partial charge in [0.05, 0.1) is 0 Å². The summed E-state index contributed by atoms with van der Waals surface area (Å²) in [6, 6.07) is 0. The van der Waals surface area contributed by atoms with Crippen LogP contribution in [0.25, 0.3) is 4.85 Å². The van der Waals surface area contributed by atoms with Gasteiger partial charge in [0.25, 0.3) is 0 Å². The Morgan fingerprint density at radius 2 is 2.36 bits per heavy atom. The van der Waals surface area contributed by atoms with Crippen LogP contribution in [-0.4, -0.2) is 31.6 Å². The lowest BCUT2D eigenvalue weighted by molar-refractivity contribution is 0.164. The van der Waals surface area contributed by atoms with Gasteiger partial charge in [-0.3, -0.25) is 0 Å². The van der Waals surface area contributed by atoms with E-state index in [-0.39, 0.29) is 0 Å². The quantitative estimate of drug-likeness (QED) is 0.517. The molecule has 2 atom stereocenters. The van der Waals surface area contributed by atoms with E-state index in [0.29, 0.717) is 11.8 Å². The fraction of sp³-hybridized carbons (Fsp3) is 0.889. The van der Waals surface area contributed by atoms with Crippen molar-refractivity contribution in [2.45, 2.75) is 13.3 Å². The van der Waals surface area contributed by atoms with Gasteiger partial charge in [0.1, 0.15) is 0 Å². The lowest BCUT2D eigenvalue weighted by atomic mass is 9.87. The second-order valence-electron chi connectivity index (χ2n) is 3.63. The molecule has 1 aliphatic rings. The van der Waals surface area contributed by atoms with E-state index < -0.39 is 0 Å². The van der Waals surface area contributed by atoms with E-state index in [1.165, 1.54) is 19.5 Å². The highest BCUT2D eigenvalue weighted by Crippen LogP contribution is 2.22. The molecular formula is C9H16N2. The van der Waals surface area contributed by atoms with Crippen LogP contribution in [0.3, 0.4) is 0 Å². The number of hydrogen-bond acceptors (Lipinski definition) is 1. The van der Waals surface area contributed by atoms with Gasteiger partial charge in [0.15, 0.2) is 0 Å². The summed E-state index contributed by atoms with van der Waals surface area (Å²) in [7, 11) is 2.16. The molecular weight excluding hydrogens is 136 g/mol. The largest absolute Gasteiger partial charge is 0.317 e. The first kappa shape index (κ1) is 8.55. The summed E-state index contributed by atoms with van der Waals surface area (Å²) < 4.78 is 0. The first-order chi connectivity index (χ1) is 5.24. The van der Waals surface area contributed by atoms with Gasteiger partial charge in [-0.05, 0) is 25.9 Å². The van der Waals surface area contributed by atoms with E-state index in [1.54, 1.807) is 0 Å². The molecule has 0 radical (unpaired) electrons. The Labute approximate surface area is 69.0 Å². The lowest BCUT2D eigenvalue weighted by Crippen LogP contribution is -2.37. The van der Waals surface area contributed by atoms with E-state index in [9.17, 15) is 0 Å². The summed E-state index contributed by atoms with van der Waals surface area (Å²) in [4.78, 5) is 5.82. The monoisotopic (exact) mass is 152 g/mol. The van der Waals surface area contributed by atoms with E-state index in [1.807, 2.05) is 0 Å². The number of likely N-dealkylation sites (tertiary alicyclic amines) is 1. The second kappa shape index (κ2) is 3.73. The van der Waals surface area contributed by atoms with Gasteiger partial charge in [-0.2, -0.15) is 0 Å². The normalized spacial score (nSPS) is 33.2. The number of piperidine rings is 1. The maximum absolute atomic E-state index is 6.79.